The fourth-order valence-corrected chi connectivity index (χ4v) is 6.87. The second-order valence-corrected chi connectivity index (χ2v) is 11.5. The lowest BCUT2D eigenvalue weighted by Crippen LogP contribution is -2.73. The van der Waals surface area contributed by atoms with Gasteiger partial charge in [-0.2, -0.15) is 5.10 Å². The first-order chi connectivity index (χ1) is 17.9. The lowest BCUT2D eigenvalue weighted by molar-refractivity contribution is -0.162. The molecule has 0 radical (unpaired) electrons. The minimum atomic E-state index is -0.703. The molecule has 3 aliphatic rings. The van der Waals surface area contributed by atoms with E-state index >= 15 is 0 Å². The Morgan fingerprint density at radius 1 is 1.03 bits per heavy atom. The molecule has 1 atom stereocenters. The molecule has 1 aromatic heterocycles. The Kier molecular flexibility index (Phi) is 7.70. The number of amides is 2. The molecule has 1 aromatic carbocycles. The van der Waals surface area contributed by atoms with Crippen LogP contribution in [0.2, 0.25) is 0 Å². The molecule has 1 N–H and O–H groups in total. The van der Waals surface area contributed by atoms with Crippen LogP contribution in [-0.2, 0) is 16.1 Å². The van der Waals surface area contributed by atoms with Gasteiger partial charge >= 0.3 is 0 Å². The van der Waals surface area contributed by atoms with Gasteiger partial charge in [0.15, 0.2) is 0 Å². The van der Waals surface area contributed by atoms with Crippen molar-refractivity contribution in [3.8, 4) is 5.69 Å². The van der Waals surface area contributed by atoms with Crippen LogP contribution in [0.5, 0.6) is 0 Å². The number of carbonyl (C=O) groups excluding carboxylic acids is 2. The van der Waals surface area contributed by atoms with Crippen LogP contribution < -0.4 is 5.32 Å². The fourth-order valence-electron chi connectivity index (χ4n) is 6.87. The number of hydrogen-bond donors (Lipinski definition) is 1. The molecule has 0 bridgehead atoms. The maximum atomic E-state index is 13.7. The van der Waals surface area contributed by atoms with Crippen molar-refractivity contribution in [2.24, 2.45) is 5.92 Å². The van der Waals surface area contributed by atoms with Crippen molar-refractivity contribution in [1.82, 2.24) is 24.9 Å². The molecule has 1 aliphatic carbocycles. The van der Waals surface area contributed by atoms with Crippen molar-refractivity contribution >= 4 is 11.8 Å². The van der Waals surface area contributed by atoms with E-state index in [0.29, 0.717) is 25.3 Å². The molecule has 1 spiro atoms. The van der Waals surface area contributed by atoms with E-state index in [1.165, 1.54) is 37.7 Å². The molecule has 1 unspecified atom stereocenters. The van der Waals surface area contributed by atoms with Crippen molar-refractivity contribution in [2.75, 3.05) is 19.6 Å². The molecule has 200 valence electrons. The van der Waals surface area contributed by atoms with Crippen LogP contribution >= 0.6 is 0 Å². The van der Waals surface area contributed by atoms with Gasteiger partial charge in [0, 0.05) is 37.4 Å². The SMILES string of the molecule is CCCN1C(=O)C(CC2CCCCC2)NC(=O)C12CCN(Cc1c(C)nn(-c3ccccc3)c1C)CC2. The zero-order chi connectivity index (χ0) is 26.0. The van der Waals surface area contributed by atoms with E-state index in [-0.39, 0.29) is 17.9 Å². The number of hydrogen-bond acceptors (Lipinski definition) is 4. The van der Waals surface area contributed by atoms with E-state index in [2.05, 4.69) is 43.1 Å². The first kappa shape index (κ1) is 26.0. The molecule has 2 aromatic rings. The van der Waals surface area contributed by atoms with E-state index in [4.69, 9.17) is 5.10 Å². The number of nitrogens with one attached hydrogen (secondary N) is 1. The van der Waals surface area contributed by atoms with Gasteiger partial charge in [-0.05, 0) is 57.6 Å². The van der Waals surface area contributed by atoms with Crippen LogP contribution in [0.3, 0.4) is 0 Å². The quantitative estimate of drug-likeness (QED) is 0.600. The van der Waals surface area contributed by atoms with Gasteiger partial charge in [0.25, 0.3) is 0 Å². The van der Waals surface area contributed by atoms with Gasteiger partial charge in [-0.25, -0.2) is 4.68 Å². The summed E-state index contributed by atoms with van der Waals surface area (Å²) >= 11 is 0. The molecule has 37 heavy (non-hydrogen) atoms. The molecule has 2 amide bonds. The van der Waals surface area contributed by atoms with Gasteiger partial charge in [-0.15, -0.1) is 0 Å². The third-order valence-electron chi connectivity index (χ3n) is 9.06. The summed E-state index contributed by atoms with van der Waals surface area (Å²) in [5, 5.41) is 8.02. The fraction of sp³-hybridized carbons (Fsp3) is 0.633. The van der Waals surface area contributed by atoms with E-state index in [0.717, 1.165) is 49.6 Å². The number of para-hydroxylation sites is 1. The first-order valence-electron chi connectivity index (χ1n) is 14.4. The maximum absolute atomic E-state index is 13.7. The molecule has 7 heteroatoms. The highest BCUT2D eigenvalue weighted by atomic mass is 16.2. The molecule has 2 aliphatic heterocycles. The highest BCUT2D eigenvalue weighted by molar-refractivity contribution is 6.00. The van der Waals surface area contributed by atoms with E-state index in [9.17, 15) is 9.59 Å². The number of rotatable bonds is 7. The van der Waals surface area contributed by atoms with Gasteiger partial charge in [0.05, 0.1) is 11.4 Å². The monoisotopic (exact) mass is 505 g/mol. The number of carbonyl (C=O) groups is 2. The van der Waals surface area contributed by atoms with Gasteiger partial charge < -0.3 is 10.2 Å². The summed E-state index contributed by atoms with van der Waals surface area (Å²) in [6.07, 6.45) is 9.23. The van der Waals surface area contributed by atoms with Gasteiger partial charge in [0.2, 0.25) is 11.8 Å². The minimum absolute atomic E-state index is 0.0743. The largest absolute Gasteiger partial charge is 0.342 e. The minimum Gasteiger partial charge on any atom is -0.342 e. The standard InChI is InChI=1S/C30H43N5O2/c1-4-17-34-28(36)27(20-24-11-7-5-8-12-24)31-29(37)30(34)15-18-33(19-16-30)21-26-22(2)32-35(23(26)3)25-13-9-6-10-14-25/h6,9-10,13-14,24,27H,4-5,7-8,11-12,15-21H2,1-3H3,(H,31,37). The van der Waals surface area contributed by atoms with Crippen LogP contribution in [0.15, 0.2) is 30.3 Å². The highest BCUT2D eigenvalue weighted by Crippen LogP contribution is 2.36. The number of likely N-dealkylation sites (tertiary alicyclic amines) is 1. The smallest absolute Gasteiger partial charge is 0.246 e. The van der Waals surface area contributed by atoms with Crippen LogP contribution in [0.1, 0.15) is 81.7 Å². The van der Waals surface area contributed by atoms with Crippen molar-refractivity contribution in [2.45, 2.75) is 96.7 Å². The average Bonchev–Trinajstić information content (AvgIpc) is 3.20. The van der Waals surface area contributed by atoms with Crippen LogP contribution in [0, 0.1) is 19.8 Å². The van der Waals surface area contributed by atoms with Crippen molar-refractivity contribution in [1.29, 1.82) is 0 Å². The number of piperidine rings is 1. The summed E-state index contributed by atoms with van der Waals surface area (Å²) < 4.78 is 2.03. The van der Waals surface area contributed by atoms with Gasteiger partial charge in [-0.1, -0.05) is 57.2 Å². The summed E-state index contributed by atoms with van der Waals surface area (Å²) in [7, 11) is 0. The number of nitrogens with zero attached hydrogens (tertiary/aromatic N) is 4. The Labute approximate surface area is 221 Å². The first-order valence-corrected chi connectivity index (χ1v) is 14.4. The molecule has 3 heterocycles. The molecular formula is C30H43N5O2. The molecule has 5 rings (SSSR count). The third kappa shape index (κ3) is 5.07. The summed E-state index contributed by atoms with van der Waals surface area (Å²) in [6, 6.07) is 9.90. The second kappa shape index (κ2) is 11.0. The predicted octanol–water partition coefficient (Wildman–Crippen LogP) is 4.53. The Balaban J connectivity index is 1.27. The van der Waals surface area contributed by atoms with Crippen LogP contribution in [-0.4, -0.2) is 62.6 Å². The Morgan fingerprint density at radius 2 is 1.73 bits per heavy atom. The van der Waals surface area contributed by atoms with Crippen molar-refractivity contribution in [3.05, 3.63) is 47.3 Å². The topological polar surface area (TPSA) is 70.5 Å². The van der Waals surface area contributed by atoms with E-state index in [1.807, 2.05) is 27.8 Å². The Morgan fingerprint density at radius 3 is 2.41 bits per heavy atom. The van der Waals surface area contributed by atoms with Gasteiger partial charge in [-0.3, -0.25) is 14.5 Å². The van der Waals surface area contributed by atoms with E-state index < -0.39 is 5.54 Å². The Hall–Kier alpha value is -2.67. The summed E-state index contributed by atoms with van der Waals surface area (Å²) in [4.78, 5) is 31.7. The number of benzene rings is 1. The highest BCUT2D eigenvalue weighted by Gasteiger charge is 2.53. The zero-order valence-electron chi connectivity index (χ0n) is 22.8. The second-order valence-electron chi connectivity index (χ2n) is 11.5. The van der Waals surface area contributed by atoms with Crippen LogP contribution in [0.25, 0.3) is 5.69 Å². The Bertz CT molecular complexity index is 1100. The molecule has 3 fully saturated rings. The van der Waals surface area contributed by atoms with Crippen LogP contribution in [0.4, 0.5) is 0 Å². The lowest BCUT2D eigenvalue weighted by atomic mass is 9.79. The molecule has 7 nitrogen and oxygen atoms in total. The van der Waals surface area contributed by atoms with Gasteiger partial charge in [0.1, 0.15) is 11.6 Å². The summed E-state index contributed by atoms with van der Waals surface area (Å²) in [5.74, 6) is 0.784. The lowest BCUT2D eigenvalue weighted by Gasteiger charge is -2.52. The molecular weight excluding hydrogens is 462 g/mol. The molecule has 1 saturated carbocycles. The summed E-state index contributed by atoms with van der Waals surface area (Å²) in [6.45, 7) is 9.39. The normalized spacial score (nSPS) is 23.0. The number of aryl methyl sites for hydroxylation is 1. The maximum Gasteiger partial charge on any atom is 0.246 e. The van der Waals surface area contributed by atoms with E-state index in [1.54, 1.807) is 0 Å². The number of piperazine rings is 1. The van der Waals surface area contributed by atoms with Crippen molar-refractivity contribution in [3.63, 3.8) is 0 Å². The van der Waals surface area contributed by atoms with Crippen molar-refractivity contribution < 1.29 is 9.59 Å². The number of aromatic nitrogens is 2. The average molecular weight is 506 g/mol. The molecule has 2 saturated heterocycles. The summed E-state index contributed by atoms with van der Waals surface area (Å²) in [5.41, 5.74) is 3.83. The predicted molar refractivity (Wildman–Crippen MR) is 145 cm³/mol. The third-order valence-corrected chi connectivity index (χ3v) is 9.06. The zero-order valence-corrected chi connectivity index (χ0v) is 22.8.